The van der Waals surface area contributed by atoms with Gasteiger partial charge in [0, 0.05) is 32.5 Å². The fraction of sp³-hybridized carbons (Fsp3) is 0.667. The lowest BCUT2D eigenvalue weighted by atomic mass is 10.3. The van der Waals surface area contributed by atoms with Crippen molar-refractivity contribution in [2.45, 2.75) is 26.3 Å². The molecule has 0 aliphatic heterocycles. The van der Waals surface area contributed by atoms with Crippen LogP contribution >= 0.6 is 11.6 Å². The summed E-state index contributed by atoms with van der Waals surface area (Å²) >= 11 is 5.66. The minimum absolute atomic E-state index is 0.0244. The molecule has 0 amide bonds. The Morgan fingerprint density at radius 1 is 1.37 bits per heavy atom. The first-order valence-corrected chi connectivity index (χ1v) is 6.80. The van der Waals surface area contributed by atoms with Gasteiger partial charge in [0.2, 0.25) is 0 Å². The normalized spacial score (nSPS) is 10.8. The number of ether oxygens (including phenoxy) is 1. The first-order chi connectivity index (χ1) is 9.15. The summed E-state index contributed by atoms with van der Waals surface area (Å²) < 4.78 is 6.61. The van der Waals surface area contributed by atoms with Crippen molar-refractivity contribution in [1.82, 2.24) is 14.9 Å². The van der Waals surface area contributed by atoms with Crippen molar-refractivity contribution in [3.8, 4) is 0 Å². The Bertz CT molecular complexity index is 484. The van der Waals surface area contributed by atoms with E-state index < -0.39 is 11.2 Å². The Labute approximate surface area is 116 Å². The van der Waals surface area contributed by atoms with E-state index in [1.165, 1.54) is 10.8 Å². The highest BCUT2D eigenvalue weighted by Gasteiger charge is 2.01. The van der Waals surface area contributed by atoms with Gasteiger partial charge in [0.1, 0.15) is 5.02 Å². The van der Waals surface area contributed by atoms with Gasteiger partial charge in [0.05, 0.1) is 0 Å². The van der Waals surface area contributed by atoms with Crippen molar-refractivity contribution in [3.63, 3.8) is 0 Å². The van der Waals surface area contributed by atoms with Crippen molar-refractivity contribution in [1.29, 1.82) is 0 Å². The van der Waals surface area contributed by atoms with Gasteiger partial charge in [0.25, 0.3) is 5.56 Å². The molecule has 0 aromatic carbocycles. The molecule has 1 rings (SSSR count). The maximum atomic E-state index is 11.4. The quantitative estimate of drug-likeness (QED) is 0.653. The summed E-state index contributed by atoms with van der Waals surface area (Å²) in [5.41, 5.74) is -0.987. The highest BCUT2D eigenvalue weighted by molar-refractivity contribution is 6.30. The topological polar surface area (TPSA) is 76.1 Å². The molecular formula is C12H20ClN3O3. The van der Waals surface area contributed by atoms with Crippen LogP contribution in [0.2, 0.25) is 5.02 Å². The summed E-state index contributed by atoms with van der Waals surface area (Å²) in [6, 6.07) is 0. The second kappa shape index (κ2) is 8.90. The molecule has 0 saturated heterocycles. The Morgan fingerprint density at radius 3 is 2.89 bits per heavy atom. The highest BCUT2D eigenvalue weighted by atomic mass is 35.5. The largest absolute Gasteiger partial charge is 0.382 e. The van der Waals surface area contributed by atoms with Gasteiger partial charge < -0.3 is 10.1 Å². The van der Waals surface area contributed by atoms with Crippen molar-refractivity contribution in [2.75, 3.05) is 26.3 Å². The smallest absolute Gasteiger partial charge is 0.328 e. The summed E-state index contributed by atoms with van der Waals surface area (Å²) in [5, 5.41) is 3.25. The van der Waals surface area contributed by atoms with Crippen LogP contribution in [0.1, 0.15) is 19.8 Å². The van der Waals surface area contributed by atoms with Gasteiger partial charge in [-0.25, -0.2) is 4.79 Å². The summed E-state index contributed by atoms with van der Waals surface area (Å²) in [6.45, 7) is 5.51. The Morgan fingerprint density at radius 2 is 2.16 bits per heavy atom. The average molecular weight is 290 g/mol. The fourth-order valence-corrected chi connectivity index (χ4v) is 1.74. The van der Waals surface area contributed by atoms with E-state index in [4.69, 9.17) is 16.3 Å². The SMILES string of the molecule is CCOCCCCNCCn1cc(Cl)c(=O)[nH]c1=O. The molecule has 0 aliphatic carbocycles. The second-order valence-corrected chi connectivity index (χ2v) is 4.49. The van der Waals surface area contributed by atoms with E-state index in [0.29, 0.717) is 13.1 Å². The van der Waals surface area contributed by atoms with Crippen LogP contribution in [0.5, 0.6) is 0 Å². The summed E-state index contributed by atoms with van der Waals surface area (Å²) in [4.78, 5) is 24.7. The predicted octanol–water partition coefficient (Wildman–Crippen LogP) is 0.596. The van der Waals surface area contributed by atoms with Crippen LogP contribution in [0.15, 0.2) is 15.8 Å². The molecule has 0 aliphatic rings. The molecule has 0 fully saturated rings. The zero-order valence-corrected chi connectivity index (χ0v) is 11.8. The second-order valence-electron chi connectivity index (χ2n) is 4.08. The lowest BCUT2D eigenvalue weighted by molar-refractivity contribution is 0.143. The van der Waals surface area contributed by atoms with Crippen LogP contribution in [-0.4, -0.2) is 35.9 Å². The zero-order valence-electron chi connectivity index (χ0n) is 11.1. The van der Waals surface area contributed by atoms with Gasteiger partial charge in [-0.3, -0.25) is 14.3 Å². The maximum absolute atomic E-state index is 11.4. The number of halogens is 1. The van der Waals surface area contributed by atoms with Gasteiger partial charge >= 0.3 is 5.69 Å². The van der Waals surface area contributed by atoms with E-state index in [0.717, 1.165) is 32.6 Å². The third-order valence-electron chi connectivity index (χ3n) is 2.59. The molecule has 108 valence electrons. The first kappa shape index (κ1) is 15.9. The molecule has 0 atom stereocenters. The van der Waals surface area contributed by atoms with E-state index in [9.17, 15) is 9.59 Å². The van der Waals surface area contributed by atoms with Crippen LogP contribution in [-0.2, 0) is 11.3 Å². The van der Waals surface area contributed by atoms with Crippen LogP contribution < -0.4 is 16.6 Å². The molecule has 0 unspecified atom stereocenters. The zero-order chi connectivity index (χ0) is 14.1. The van der Waals surface area contributed by atoms with Crippen molar-refractivity contribution >= 4 is 11.6 Å². The molecule has 0 bridgehead atoms. The molecule has 19 heavy (non-hydrogen) atoms. The summed E-state index contributed by atoms with van der Waals surface area (Å²) in [6.07, 6.45) is 3.41. The highest BCUT2D eigenvalue weighted by Crippen LogP contribution is 1.95. The Kier molecular flexibility index (Phi) is 7.47. The lowest BCUT2D eigenvalue weighted by Gasteiger charge is -2.07. The molecule has 7 heteroatoms. The number of H-pyrrole nitrogens is 1. The molecule has 1 heterocycles. The monoisotopic (exact) mass is 289 g/mol. The third kappa shape index (κ3) is 6.04. The van der Waals surface area contributed by atoms with E-state index >= 15 is 0 Å². The number of nitrogens with zero attached hydrogens (tertiary/aromatic N) is 1. The van der Waals surface area contributed by atoms with Crippen LogP contribution in [0, 0.1) is 0 Å². The van der Waals surface area contributed by atoms with Gasteiger partial charge in [-0.1, -0.05) is 11.6 Å². The number of aromatic nitrogens is 2. The summed E-state index contributed by atoms with van der Waals surface area (Å²) in [7, 11) is 0. The standard InChI is InChI=1S/C12H20ClN3O3/c1-2-19-8-4-3-5-14-6-7-16-9-10(13)11(17)15-12(16)18/h9,14H,2-8H2,1H3,(H,15,17,18). The molecule has 0 saturated carbocycles. The van der Waals surface area contributed by atoms with Crippen molar-refractivity contribution in [2.24, 2.45) is 0 Å². The number of nitrogens with one attached hydrogen (secondary N) is 2. The minimum atomic E-state index is -0.549. The van der Waals surface area contributed by atoms with E-state index in [2.05, 4.69) is 10.3 Å². The van der Waals surface area contributed by atoms with Gasteiger partial charge in [-0.2, -0.15) is 0 Å². The van der Waals surface area contributed by atoms with E-state index in [-0.39, 0.29) is 5.02 Å². The number of unbranched alkanes of at least 4 members (excludes halogenated alkanes) is 1. The van der Waals surface area contributed by atoms with Crippen LogP contribution in [0.25, 0.3) is 0 Å². The van der Waals surface area contributed by atoms with Crippen molar-refractivity contribution < 1.29 is 4.74 Å². The Hall–Kier alpha value is -1.11. The Balaban J connectivity index is 2.21. The fourth-order valence-electron chi connectivity index (χ4n) is 1.57. The molecule has 1 aromatic heterocycles. The maximum Gasteiger partial charge on any atom is 0.328 e. The molecule has 2 N–H and O–H groups in total. The van der Waals surface area contributed by atoms with Gasteiger partial charge in [0.15, 0.2) is 0 Å². The summed E-state index contributed by atoms with van der Waals surface area (Å²) in [5.74, 6) is 0. The van der Waals surface area contributed by atoms with Gasteiger partial charge in [-0.05, 0) is 26.3 Å². The van der Waals surface area contributed by atoms with Crippen molar-refractivity contribution in [3.05, 3.63) is 32.1 Å². The first-order valence-electron chi connectivity index (χ1n) is 6.43. The molecule has 0 radical (unpaired) electrons. The predicted molar refractivity (Wildman–Crippen MR) is 74.9 cm³/mol. The average Bonchev–Trinajstić information content (AvgIpc) is 2.38. The molecule has 6 nitrogen and oxygen atoms in total. The number of hydrogen-bond acceptors (Lipinski definition) is 4. The van der Waals surface area contributed by atoms with Gasteiger partial charge in [-0.15, -0.1) is 0 Å². The number of rotatable bonds is 9. The molecule has 0 spiro atoms. The number of hydrogen-bond donors (Lipinski definition) is 2. The number of aromatic amines is 1. The molecular weight excluding hydrogens is 270 g/mol. The molecule has 1 aromatic rings. The minimum Gasteiger partial charge on any atom is -0.382 e. The lowest BCUT2D eigenvalue weighted by Crippen LogP contribution is -2.33. The van der Waals surface area contributed by atoms with E-state index in [1.54, 1.807) is 0 Å². The third-order valence-corrected chi connectivity index (χ3v) is 2.86. The van der Waals surface area contributed by atoms with Crippen LogP contribution in [0.4, 0.5) is 0 Å². The van der Waals surface area contributed by atoms with E-state index in [1.807, 2.05) is 6.92 Å². The van der Waals surface area contributed by atoms with Crippen LogP contribution in [0.3, 0.4) is 0 Å².